The van der Waals surface area contributed by atoms with Crippen LogP contribution in [0.25, 0.3) is 0 Å². The van der Waals surface area contributed by atoms with Crippen molar-refractivity contribution in [3.05, 3.63) is 67.5 Å². The third-order valence-electron chi connectivity index (χ3n) is 7.42. The molecule has 3 aliphatic heterocycles. The number of nitrogens with one attached hydrogen (secondary N) is 2. The van der Waals surface area contributed by atoms with Gasteiger partial charge in [0.2, 0.25) is 11.8 Å². The van der Waals surface area contributed by atoms with E-state index in [2.05, 4.69) is 15.5 Å². The summed E-state index contributed by atoms with van der Waals surface area (Å²) in [6.07, 6.45) is 3.10. The van der Waals surface area contributed by atoms with Crippen LogP contribution in [-0.2, 0) is 43.3 Å². The largest absolute Gasteiger partial charge is 0.330 e. The van der Waals surface area contributed by atoms with E-state index in [0.717, 1.165) is 35.2 Å². The van der Waals surface area contributed by atoms with Crippen LogP contribution in [-0.4, -0.2) is 61.8 Å². The zero-order chi connectivity index (χ0) is 25.6. The van der Waals surface area contributed by atoms with E-state index < -0.39 is 11.9 Å². The number of imide groups is 1. The Hall–Kier alpha value is -3.57. The van der Waals surface area contributed by atoms with Gasteiger partial charge in [-0.1, -0.05) is 12.1 Å². The lowest BCUT2D eigenvalue weighted by molar-refractivity contribution is -0.136. The van der Waals surface area contributed by atoms with Crippen LogP contribution in [0.2, 0.25) is 0 Å². The van der Waals surface area contributed by atoms with Crippen LogP contribution in [0.15, 0.2) is 34.0 Å². The average Bonchev–Trinajstić information content (AvgIpc) is 3.49. The molecule has 2 aromatic rings. The summed E-state index contributed by atoms with van der Waals surface area (Å²) in [6.45, 7) is 2.98. The molecule has 2 atom stereocenters. The molecule has 190 valence electrons. The monoisotopic (exact) mass is 494 g/mol. The van der Waals surface area contributed by atoms with E-state index in [1.165, 1.54) is 11.6 Å². The number of hydrogen-bond acceptors (Lipinski definition) is 7. The number of nitrogens with zero attached hydrogens (tertiary/aromatic N) is 4. The smallest absolute Gasteiger partial charge is 0.322 e. The maximum atomic E-state index is 13.0. The minimum absolute atomic E-state index is 0.198. The summed E-state index contributed by atoms with van der Waals surface area (Å²) in [7, 11) is 3.12. The molecule has 11 heteroatoms. The van der Waals surface area contributed by atoms with Crippen LogP contribution in [0.5, 0.6) is 0 Å². The van der Waals surface area contributed by atoms with Gasteiger partial charge in [0, 0.05) is 70.1 Å². The molecular formula is C25H30N6O5. The zero-order valence-electron chi connectivity index (χ0n) is 20.5. The van der Waals surface area contributed by atoms with Crippen LogP contribution < -0.4 is 21.9 Å². The molecule has 0 saturated carbocycles. The number of hydrogen-bond donors (Lipinski definition) is 2. The molecule has 0 spiro atoms. The zero-order valence-corrected chi connectivity index (χ0v) is 20.5. The standard InChI is InChI=1S/C25H30N6O5/c1-28-12-17(23(34)29(2)25(28)36)13-30(18-7-8-26-10-18)11-15-3-4-19-16(9-15)14-31(24(19)35)20-5-6-21(32)27-22(20)33/h3-4,9,12,18,20,26H,5-8,10-11,13-14H2,1-2H3,(H,27,32,33). The van der Waals surface area contributed by atoms with Gasteiger partial charge in [0.25, 0.3) is 11.5 Å². The summed E-state index contributed by atoms with van der Waals surface area (Å²) < 4.78 is 2.55. The Labute approximate surface area is 207 Å². The summed E-state index contributed by atoms with van der Waals surface area (Å²) in [5.74, 6) is -0.930. The molecule has 3 aliphatic rings. The Morgan fingerprint density at radius 3 is 2.58 bits per heavy atom. The second-order valence-electron chi connectivity index (χ2n) is 9.86. The Morgan fingerprint density at radius 2 is 1.86 bits per heavy atom. The van der Waals surface area contributed by atoms with E-state index in [1.54, 1.807) is 24.2 Å². The highest BCUT2D eigenvalue weighted by atomic mass is 16.2. The molecule has 0 bridgehead atoms. The van der Waals surface area contributed by atoms with E-state index in [-0.39, 0.29) is 35.5 Å². The number of carbonyl (C=O) groups excluding carboxylic acids is 3. The Morgan fingerprint density at radius 1 is 1.06 bits per heavy atom. The molecule has 3 amide bonds. The first-order valence-corrected chi connectivity index (χ1v) is 12.2. The molecular weight excluding hydrogens is 464 g/mol. The molecule has 5 rings (SSSR count). The van der Waals surface area contributed by atoms with Crippen molar-refractivity contribution in [3.63, 3.8) is 0 Å². The summed E-state index contributed by atoms with van der Waals surface area (Å²) in [6, 6.07) is 5.29. The van der Waals surface area contributed by atoms with Crippen molar-refractivity contribution in [3.8, 4) is 0 Å². The second-order valence-corrected chi connectivity index (χ2v) is 9.86. The summed E-state index contributed by atoms with van der Waals surface area (Å²) in [5.41, 5.74) is 2.32. The molecule has 2 saturated heterocycles. The third-order valence-corrected chi connectivity index (χ3v) is 7.42. The predicted octanol–water partition coefficient (Wildman–Crippen LogP) is -0.791. The van der Waals surface area contributed by atoms with Crippen LogP contribution in [0.3, 0.4) is 0 Å². The van der Waals surface area contributed by atoms with Gasteiger partial charge < -0.3 is 14.8 Å². The topological polar surface area (TPSA) is 126 Å². The molecule has 1 aromatic heterocycles. The number of benzene rings is 1. The van der Waals surface area contributed by atoms with Gasteiger partial charge >= 0.3 is 5.69 Å². The number of fused-ring (bicyclic) bond motifs is 1. The van der Waals surface area contributed by atoms with Crippen molar-refractivity contribution >= 4 is 17.7 Å². The van der Waals surface area contributed by atoms with Crippen molar-refractivity contribution in [2.45, 2.75) is 51.0 Å². The first kappa shape index (κ1) is 24.1. The van der Waals surface area contributed by atoms with E-state index in [4.69, 9.17) is 0 Å². The molecule has 2 fully saturated rings. The average molecular weight is 495 g/mol. The van der Waals surface area contributed by atoms with Gasteiger partial charge in [-0.15, -0.1) is 0 Å². The number of piperidine rings is 1. The van der Waals surface area contributed by atoms with Crippen LogP contribution in [0.1, 0.15) is 46.3 Å². The highest BCUT2D eigenvalue weighted by Crippen LogP contribution is 2.29. The van der Waals surface area contributed by atoms with E-state index in [1.807, 2.05) is 12.1 Å². The van der Waals surface area contributed by atoms with Gasteiger partial charge in [-0.25, -0.2) is 4.79 Å². The third kappa shape index (κ3) is 4.40. The van der Waals surface area contributed by atoms with Crippen molar-refractivity contribution in [1.82, 2.24) is 29.6 Å². The van der Waals surface area contributed by atoms with E-state index in [0.29, 0.717) is 37.2 Å². The minimum Gasteiger partial charge on any atom is -0.322 e. The van der Waals surface area contributed by atoms with Gasteiger partial charge in [0.15, 0.2) is 0 Å². The maximum absolute atomic E-state index is 13.0. The normalized spacial score (nSPS) is 21.9. The van der Waals surface area contributed by atoms with Gasteiger partial charge in [-0.05, 0) is 36.6 Å². The number of amides is 3. The molecule has 36 heavy (non-hydrogen) atoms. The highest BCUT2D eigenvalue weighted by molar-refractivity contribution is 6.05. The minimum atomic E-state index is -0.645. The SMILES string of the molecule is Cn1cc(CN(Cc2ccc3c(c2)CN(C2CCC(=O)NC2=O)C3=O)C2CCNC2)c(=O)n(C)c1=O. The van der Waals surface area contributed by atoms with Crippen molar-refractivity contribution in [2.75, 3.05) is 13.1 Å². The Bertz CT molecular complexity index is 1360. The summed E-state index contributed by atoms with van der Waals surface area (Å²) >= 11 is 0. The maximum Gasteiger partial charge on any atom is 0.330 e. The molecule has 0 radical (unpaired) electrons. The van der Waals surface area contributed by atoms with Crippen molar-refractivity contribution in [2.24, 2.45) is 14.1 Å². The van der Waals surface area contributed by atoms with E-state index >= 15 is 0 Å². The first-order valence-electron chi connectivity index (χ1n) is 12.2. The molecule has 0 aliphatic carbocycles. The molecule has 2 N–H and O–H groups in total. The first-order chi connectivity index (χ1) is 17.2. The Kier molecular flexibility index (Phi) is 6.35. The van der Waals surface area contributed by atoms with Crippen LogP contribution in [0, 0.1) is 0 Å². The van der Waals surface area contributed by atoms with Crippen molar-refractivity contribution < 1.29 is 14.4 Å². The molecule has 1 aromatic carbocycles. The summed E-state index contributed by atoms with van der Waals surface area (Å²) in [4.78, 5) is 65.5. The lowest BCUT2D eigenvalue weighted by atomic mass is 10.0. The summed E-state index contributed by atoms with van der Waals surface area (Å²) in [5, 5.41) is 5.70. The fourth-order valence-corrected chi connectivity index (χ4v) is 5.44. The lowest BCUT2D eigenvalue weighted by Gasteiger charge is -2.29. The second kappa shape index (κ2) is 9.47. The number of aromatic nitrogens is 2. The highest BCUT2D eigenvalue weighted by Gasteiger charge is 2.39. The number of rotatable bonds is 6. The lowest BCUT2D eigenvalue weighted by Crippen LogP contribution is -2.52. The number of carbonyl (C=O) groups is 3. The molecule has 11 nitrogen and oxygen atoms in total. The molecule has 4 heterocycles. The molecule has 2 unspecified atom stereocenters. The fourth-order valence-electron chi connectivity index (χ4n) is 5.44. The predicted molar refractivity (Wildman–Crippen MR) is 130 cm³/mol. The van der Waals surface area contributed by atoms with Gasteiger partial charge in [-0.3, -0.25) is 34.0 Å². The fraction of sp³-hybridized carbons (Fsp3) is 0.480. The van der Waals surface area contributed by atoms with Gasteiger partial charge in [-0.2, -0.15) is 0 Å². The van der Waals surface area contributed by atoms with Crippen LogP contribution in [0.4, 0.5) is 0 Å². The quantitative estimate of drug-likeness (QED) is 0.504. The van der Waals surface area contributed by atoms with E-state index in [9.17, 15) is 24.0 Å². The van der Waals surface area contributed by atoms with Crippen molar-refractivity contribution in [1.29, 1.82) is 0 Å². The van der Waals surface area contributed by atoms with Gasteiger partial charge in [0.1, 0.15) is 6.04 Å². The van der Waals surface area contributed by atoms with Gasteiger partial charge in [0.05, 0.1) is 0 Å². The van der Waals surface area contributed by atoms with Crippen LogP contribution >= 0.6 is 0 Å². The Balaban J connectivity index is 1.38. The number of aryl methyl sites for hydroxylation is 1.